The minimum Gasteiger partial charge on any atom is -0.465 e. The summed E-state index contributed by atoms with van der Waals surface area (Å²) in [4.78, 5) is 71.7. The van der Waals surface area contributed by atoms with Gasteiger partial charge >= 0.3 is 12.2 Å². The Balaban J connectivity index is 1.00. The fraction of sp³-hybridized carbons (Fsp3) is 0.347. The van der Waals surface area contributed by atoms with Crippen molar-refractivity contribution in [3.8, 4) is 39.5 Å². The van der Waals surface area contributed by atoms with Gasteiger partial charge in [0.15, 0.2) is 0 Å². The molecule has 16 nitrogen and oxygen atoms in total. The molecule has 4 amide bonds. The molecule has 0 radical (unpaired) electrons. The van der Waals surface area contributed by atoms with Crippen molar-refractivity contribution in [2.24, 2.45) is 11.8 Å². The molecular weight excluding hydrogens is 827 g/mol. The highest BCUT2D eigenvalue weighted by Crippen LogP contribution is 2.46. The van der Waals surface area contributed by atoms with E-state index in [0.717, 1.165) is 63.1 Å². The van der Waals surface area contributed by atoms with E-state index in [1.165, 1.54) is 14.2 Å². The molecule has 1 fully saturated rings. The van der Waals surface area contributed by atoms with Gasteiger partial charge in [0.1, 0.15) is 35.5 Å². The number of hydrogen-bond acceptors (Lipinski definition) is 9. The van der Waals surface area contributed by atoms with Crippen molar-refractivity contribution >= 4 is 34.9 Å². The van der Waals surface area contributed by atoms with E-state index in [9.17, 15) is 19.2 Å². The molecule has 3 aromatic heterocycles. The van der Waals surface area contributed by atoms with Crippen molar-refractivity contribution in [1.29, 1.82) is 0 Å². The standard InChI is InChI=1S/C49H53N9O7/c1-27(2)41(54-48(61)63-5)45(59)56-20-10-14-37(56)43-50-25-34(52-43)30-17-19-36-32(22-30)23-39-33-18-16-31(24-40(33)65-47(58(36)39)29-12-8-7-9-13-29)35-26-51-44(53-35)38-15-11-21-57(38)46(60)42(28(3)4)55-49(62)64-6/h7-9,11-13,15-19,22-28,37-38,41-42,47H,10,14,20-21H2,1-6H3,(H,50,52)(H,51,53)(H,54,61)(H,55,62)/t37?,38-,41-,42-,47?/m0/s1. The van der Waals surface area contributed by atoms with Crippen molar-refractivity contribution in [2.75, 3.05) is 27.3 Å². The predicted molar refractivity (Wildman–Crippen MR) is 243 cm³/mol. The number of fused-ring (bicyclic) bond motifs is 5. The van der Waals surface area contributed by atoms with E-state index in [-0.39, 0.29) is 29.7 Å². The van der Waals surface area contributed by atoms with Crippen molar-refractivity contribution in [3.63, 3.8) is 0 Å². The van der Waals surface area contributed by atoms with Crippen LogP contribution in [0.4, 0.5) is 9.59 Å². The molecule has 0 bridgehead atoms. The number of benzene rings is 3. The van der Waals surface area contributed by atoms with E-state index in [2.05, 4.69) is 67.6 Å². The van der Waals surface area contributed by atoms with Gasteiger partial charge in [0.25, 0.3) is 0 Å². The lowest BCUT2D eigenvalue weighted by Crippen LogP contribution is -2.51. The number of nitrogens with one attached hydrogen (secondary N) is 4. The quantitative estimate of drug-likeness (QED) is 0.0939. The monoisotopic (exact) mass is 879 g/mol. The highest BCUT2D eigenvalue weighted by Gasteiger charge is 2.39. The highest BCUT2D eigenvalue weighted by atomic mass is 16.5. The number of likely N-dealkylation sites (tertiary alicyclic amines) is 1. The van der Waals surface area contributed by atoms with Crippen LogP contribution in [0, 0.1) is 11.8 Å². The van der Waals surface area contributed by atoms with E-state index in [4.69, 9.17) is 24.2 Å². The van der Waals surface area contributed by atoms with Crippen LogP contribution in [0.25, 0.3) is 44.7 Å². The Labute approximate surface area is 376 Å². The molecule has 0 aliphatic carbocycles. The molecule has 0 saturated carbocycles. The van der Waals surface area contributed by atoms with Gasteiger partial charge in [0, 0.05) is 40.7 Å². The summed E-state index contributed by atoms with van der Waals surface area (Å²) in [5.41, 5.74) is 7.33. The van der Waals surface area contributed by atoms with E-state index in [0.29, 0.717) is 30.5 Å². The Kier molecular flexibility index (Phi) is 11.7. The average molecular weight is 880 g/mol. The maximum Gasteiger partial charge on any atom is 0.407 e. The van der Waals surface area contributed by atoms with Crippen LogP contribution < -0.4 is 15.4 Å². The smallest absolute Gasteiger partial charge is 0.407 e. The van der Waals surface area contributed by atoms with Crippen LogP contribution in [0.5, 0.6) is 5.75 Å². The van der Waals surface area contributed by atoms with E-state index >= 15 is 0 Å². The molecule has 3 aliphatic heterocycles. The van der Waals surface area contributed by atoms with Crippen LogP contribution in [0.15, 0.2) is 97.3 Å². The van der Waals surface area contributed by atoms with Crippen LogP contribution in [-0.2, 0) is 19.1 Å². The summed E-state index contributed by atoms with van der Waals surface area (Å²) < 4.78 is 18.7. The first kappa shape index (κ1) is 42.9. The lowest BCUT2D eigenvalue weighted by molar-refractivity contribution is -0.136. The molecular formula is C49H53N9O7. The van der Waals surface area contributed by atoms with Gasteiger partial charge in [-0.05, 0) is 55.0 Å². The number of ether oxygens (including phenoxy) is 3. The van der Waals surface area contributed by atoms with E-state index in [1.807, 2.05) is 81.3 Å². The molecule has 1 saturated heterocycles. The van der Waals surface area contributed by atoms with Gasteiger partial charge in [-0.1, -0.05) is 82.3 Å². The first-order chi connectivity index (χ1) is 31.4. The number of carbonyl (C=O) groups is 4. The second-order valence-electron chi connectivity index (χ2n) is 17.4. The summed E-state index contributed by atoms with van der Waals surface area (Å²) in [6, 6.07) is 22.6. The van der Waals surface area contributed by atoms with Gasteiger partial charge in [0.05, 0.1) is 55.3 Å². The maximum absolute atomic E-state index is 13.8. The summed E-state index contributed by atoms with van der Waals surface area (Å²) in [5.74, 6) is 1.35. The zero-order valence-corrected chi connectivity index (χ0v) is 37.2. The van der Waals surface area contributed by atoms with Crippen LogP contribution in [0.1, 0.15) is 76.1 Å². The summed E-state index contributed by atoms with van der Waals surface area (Å²) in [6.45, 7) is 8.52. The third-order valence-corrected chi connectivity index (χ3v) is 12.6. The van der Waals surface area contributed by atoms with Gasteiger partial charge in [-0.25, -0.2) is 19.6 Å². The SMILES string of the molecule is COC(=O)N[C@H](C(=O)N1CCCC1c1ncc(-c2ccc3c(c2)cc2n3C(c3ccccc3)Oc3cc(-c4cnc([C@@H]5C=CCN5C(=O)[C@@H](NC(=O)OC)C(C)C)[nH]4)ccc3-2)[nH]1)C(C)C. The molecule has 3 aliphatic rings. The fourth-order valence-electron chi connectivity index (χ4n) is 9.21. The second-order valence-corrected chi connectivity index (χ2v) is 17.4. The molecule has 6 heterocycles. The van der Waals surface area contributed by atoms with Crippen molar-refractivity contribution < 1.29 is 33.4 Å². The first-order valence-corrected chi connectivity index (χ1v) is 22.0. The second kappa shape index (κ2) is 17.7. The average Bonchev–Trinajstić information content (AvgIpc) is 4.18. The molecule has 336 valence electrons. The molecule has 4 N–H and O–H groups in total. The van der Waals surface area contributed by atoms with Gasteiger partial charge in [0.2, 0.25) is 18.0 Å². The number of imidazole rings is 2. The van der Waals surface area contributed by atoms with Gasteiger partial charge < -0.3 is 49.2 Å². The number of aromatic amines is 2. The number of hydrogen-bond donors (Lipinski definition) is 4. The third kappa shape index (κ3) is 8.08. The Bertz CT molecular complexity index is 2790. The highest BCUT2D eigenvalue weighted by molar-refractivity contribution is 5.93. The largest absolute Gasteiger partial charge is 0.465 e. The predicted octanol–water partition coefficient (Wildman–Crippen LogP) is 7.89. The van der Waals surface area contributed by atoms with Crippen LogP contribution in [0.3, 0.4) is 0 Å². The molecule has 6 aromatic rings. The molecule has 2 unspecified atom stereocenters. The van der Waals surface area contributed by atoms with Crippen molar-refractivity contribution in [1.82, 2.24) is 44.9 Å². The number of methoxy groups -OCH3 is 2. The van der Waals surface area contributed by atoms with Gasteiger partial charge in [-0.3, -0.25) is 9.59 Å². The lowest BCUT2D eigenvalue weighted by atomic mass is 10.0. The molecule has 3 aromatic carbocycles. The number of rotatable bonds is 11. The molecule has 9 rings (SSSR count). The minimum atomic E-state index is -0.760. The van der Waals surface area contributed by atoms with E-state index < -0.39 is 36.5 Å². The van der Waals surface area contributed by atoms with Crippen LogP contribution >= 0.6 is 0 Å². The minimum absolute atomic E-state index is 0.130. The van der Waals surface area contributed by atoms with Crippen molar-refractivity contribution in [3.05, 3.63) is 115 Å². The molecule has 65 heavy (non-hydrogen) atoms. The summed E-state index contributed by atoms with van der Waals surface area (Å²) in [5, 5.41) is 6.42. The summed E-state index contributed by atoms with van der Waals surface area (Å²) >= 11 is 0. The lowest BCUT2D eigenvalue weighted by Gasteiger charge is -2.30. The van der Waals surface area contributed by atoms with Crippen LogP contribution in [-0.4, -0.2) is 97.7 Å². The fourth-order valence-corrected chi connectivity index (χ4v) is 9.21. The number of H-pyrrole nitrogens is 2. The molecule has 16 heteroatoms. The van der Waals surface area contributed by atoms with Gasteiger partial charge in [-0.15, -0.1) is 0 Å². The maximum atomic E-state index is 13.8. The van der Waals surface area contributed by atoms with Crippen molar-refractivity contribution in [2.45, 2.75) is 70.9 Å². The van der Waals surface area contributed by atoms with Gasteiger partial charge in [-0.2, -0.15) is 0 Å². The summed E-state index contributed by atoms with van der Waals surface area (Å²) in [6.07, 6.45) is 7.28. The Morgan fingerprint density at radius 1 is 0.769 bits per heavy atom. The summed E-state index contributed by atoms with van der Waals surface area (Å²) in [7, 11) is 2.57. The Hall–Kier alpha value is -7.36. The number of nitrogens with zero attached hydrogens (tertiary/aromatic N) is 5. The molecule has 0 spiro atoms. The number of carbonyl (C=O) groups excluding carboxylic acids is 4. The number of alkyl carbamates (subject to hydrolysis) is 2. The normalized spacial score (nSPS) is 18.6. The van der Waals surface area contributed by atoms with Crippen LogP contribution in [0.2, 0.25) is 0 Å². The zero-order valence-electron chi connectivity index (χ0n) is 37.2. The Morgan fingerprint density at radius 2 is 1.40 bits per heavy atom. The number of amides is 4. The topological polar surface area (TPSA) is 189 Å². The third-order valence-electron chi connectivity index (χ3n) is 12.6. The first-order valence-electron chi connectivity index (χ1n) is 22.0. The molecule has 5 atom stereocenters. The Morgan fingerprint density at radius 3 is 2.08 bits per heavy atom. The zero-order chi connectivity index (χ0) is 45.5. The van der Waals surface area contributed by atoms with E-state index in [1.54, 1.807) is 11.1 Å². The number of aromatic nitrogens is 5.